The number of azide groups is 1. The quantitative estimate of drug-likeness (QED) is 0.278. The third-order valence-corrected chi connectivity index (χ3v) is 4.04. The Balaban J connectivity index is 1.95. The molecule has 1 aliphatic heterocycles. The molecular weight excluding hydrogens is 312 g/mol. The number of anilines is 1. The van der Waals surface area contributed by atoms with Crippen LogP contribution in [0.25, 0.3) is 10.4 Å². The van der Waals surface area contributed by atoms with Gasteiger partial charge in [0, 0.05) is 23.9 Å². The number of halogens is 2. The summed E-state index contributed by atoms with van der Waals surface area (Å²) in [6.45, 7) is -0.498. The van der Waals surface area contributed by atoms with Crippen LogP contribution in [-0.2, 0) is 0 Å². The van der Waals surface area contributed by atoms with Crippen LogP contribution in [0, 0.1) is 10.1 Å². The standard InChI is InChI=1S/C12H15F2N7O2/c13-12(14)5-8(17-18-15)3-4-19(7-12)11-10(21(22)23)6-16-20(11)9-1-2-9/h6,8-9H,1-5,7H2. The van der Waals surface area contributed by atoms with E-state index in [4.69, 9.17) is 5.53 Å². The van der Waals surface area contributed by atoms with E-state index in [1.807, 2.05) is 0 Å². The lowest BCUT2D eigenvalue weighted by molar-refractivity contribution is -0.384. The molecule has 0 bridgehead atoms. The average Bonchev–Trinajstić information content (AvgIpc) is 3.23. The minimum atomic E-state index is -3.10. The van der Waals surface area contributed by atoms with E-state index < -0.39 is 29.9 Å². The van der Waals surface area contributed by atoms with Gasteiger partial charge in [-0.2, -0.15) is 5.10 Å². The number of aromatic nitrogens is 2. The van der Waals surface area contributed by atoms with E-state index in [1.54, 1.807) is 0 Å². The molecule has 1 unspecified atom stereocenters. The van der Waals surface area contributed by atoms with Gasteiger partial charge in [0.25, 0.3) is 5.92 Å². The highest BCUT2D eigenvalue weighted by atomic mass is 19.3. The van der Waals surface area contributed by atoms with Crippen molar-refractivity contribution in [3.05, 3.63) is 26.8 Å². The predicted octanol–water partition coefficient (Wildman–Crippen LogP) is 3.04. The monoisotopic (exact) mass is 327 g/mol. The minimum absolute atomic E-state index is 0.0310. The second-order valence-electron chi connectivity index (χ2n) is 5.92. The number of hydrogen-bond donors (Lipinski definition) is 0. The van der Waals surface area contributed by atoms with Crippen molar-refractivity contribution in [3.63, 3.8) is 0 Å². The van der Waals surface area contributed by atoms with Crippen molar-refractivity contribution in [2.75, 3.05) is 18.0 Å². The zero-order valence-electron chi connectivity index (χ0n) is 12.2. The van der Waals surface area contributed by atoms with E-state index in [-0.39, 0.29) is 30.5 Å². The maximum absolute atomic E-state index is 14.1. The van der Waals surface area contributed by atoms with Crippen molar-refractivity contribution in [2.24, 2.45) is 5.11 Å². The van der Waals surface area contributed by atoms with Crippen molar-refractivity contribution < 1.29 is 13.7 Å². The largest absolute Gasteiger partial charge is 0.345 e. The van der Waals surface area contributed by atoms with Crippen LogP contribution in [0.15, 0.2) is 11.3 Å². The van der Waals surface area contributed by atoms with Crippen LogP contribution >= 0.6 is 0 Å². The van der Waals surface area contributed by atoms with Gasteiger partial charge in [-0.3, -0.25) is 10.1 Å². The Bertz CT molecular complexity index is 666. The highest BCUT2D eigenvalue weighted by Crippen LogP contribution is 2.42. The lowest BCUT2D eigenvalue weighted by Crippen LogP contribution is -2.37. The van der Waals surface area contributed by atoms with Gasteiger partial charge in [0.05, 0.1) is 17.5 Å². The summed E-state index contributed by atoms with van der Waals surface area (Å²) in [5.41, 5.74) is 8.20. The molecule has 1 aliphatic carbocycles. The molecule has 2 heterocycles. The number of nitrogens with zero attached hydrogens (tertiary/aromatic N) is 7. The van der Waals surface area contributed by atoms with Crippen molar-refractivity contribution >= 4 is 11.5 Å². The van der Waals surface area contributed by atoms with E-state index in [2.05, 4.69) is 15.1 Å². The summed E-state index contributed by atoms with van der Waals surface area (Å²) in [5, 5.41) is 18.6. The van der Waals surface area contributed by atoms with Gasteiger partial charge in [0.1, 0.15) is 6.20 Å². The first-order valence-corrected chi connectivity index (χ1v) is 7.30. The fourth-order valence-corrected chi connectivity index (χ4v) is 2.90. The molecule has 2 aliphatic rings. The SMILES string of the molecule is [N-]=[N+]=NC1CCN(c2c([N+](=O)[O-])cnn2C2CC2)CC(F)(F)C1. The molecule has 1 atom stereocenters. The van der Waals surface area contributed by atoms with Crippen LogP contribution in [-0.4, -0.2) is 39.8 Å². The number of alkyl halides is 2. The maximum Gasteiger partial charge on any atom is 0.331 e. The van der Waals surface area contributed by atoms with Gasteiger partial charge in [-0.25, -0.2) is 13.5 Å². The maximum atomic E-state index is 14.1. The van der Waals surface area contributed by atoms with Crippen molar-refractivity contribution in [2.45, 2.75) is 43.7 Å². The first-order valence-electron chi connectivity index (χ1n) is 7.30. The first kappa shape index (κ1) is 15.5. The molecule has 9 nitrogen and oxygen atoms in total. The lowest BCUT2D eigenvalue weighted by atomic mass is 10.1. The normalized spacial score (nSPS) is 23.9. The number of hydrogen-bond acceptors (Lipinski definition) is 5. The Morgan fingerprint density at radius 1 is 1.48 bits per heavy atom. The fraction of sp³-hybridized carbons (Fsp3) is 0.750. The van der Waals surface area contributed by atoms with E-state index >= 15 is 0 Å². The molecule has 0 radical (unpaired) electrons. The molecule has 124 valence electrons. The van der Waals surface area contributed by atoms with Gasteiger partial charge in [0.15, 0.2) is 0 Å². The lowest BCUT2D eigenvalue weighted by Gasteiger charge is -2.25. The third-order valence-electron chi connectivity index (χ3n) is 4.04. The van der Waals surface area contributed by atoms with Crippen LogP contribution in [0.2, 0.25) is 0 Å². The summed E-state index contributed by atoms with van der Waals surface area (Å²) < 4.78 is 29.7. The van der Waals surface area contributed by atoms with Crippen LogP contribution in [0.4, 0.5) is 20.3 Å². The zero-order chi connectivity index (χ0) is 16.6. The van der Waals surface area contributed by atoms with Crippen LogP contribution in [0.5, 0.6) is 0 Å². The summed E-state index contributed by atoms with van der Waals surface area (Å²) in [4.78, 5) is 14.5. The molecule has 0 aromatic carbocycles. The average molecular weight is 327 g/mol. The van der Waals surface area contributed by atoms with Gasteiger partial charge >= 0.3 is 5.69 Å². The Hall–Kier alpha value is -2.42. The van der Waals surface area contributed by atoms with Gasteiger partial charge in [-0.15, -0.1) is 0 Å². The molecule has 1 aromatic heterocycles. The Morgan fingerprint density at radius 3 is 2.83 bits per heavy atom. The van der Waals surface area contributed by atoms with Crippen LogP contribution in [0.1, 0.15) is 31.7 Å². The highest BCUT2D eigenvalue weighted by molar-refractivity contribution is 5.58. The highest BCUT2D eigenvalue weighted by Gasteiger charge is 2.42. The van der Waals surface area contributed by atoms with Gasteiger partial charge in [0.2, 0.25) is 5.82 Å². The van der Waals surface area contributed by atoms with E-state index in [9.17, 15) is 18.9 Å². The molecule has 0 spiro atoms. The Morgan fingerprint density at radius 2 is 2.22 bits per heavy atom. The van der Waals surface area contributed by atoms with Crippen LogP contribution in [0.3, 0.4) is 0 Å². The van der Waals surface area contributed by atoms with Crippen molar-refractivity contribution in [3.8, 4) is 0 Å². The predicted molar refractivity (Wildman–Crippen MR) is 76.5 cm³/mol. The van der Waals surface area contributed by atoms with Crippen molar-refractivity contribution in [1.29, 1.82) is 0 Å². The molecule has 1 aromatic rings. The second kappa shape index (κ2) is 5.65. The molecule has 3 rings (SSSR count). The Kier molecular flexibility index (Phi) is 3.80. The van der Waals surface area contributed by atoms with E-state index in [1.165, 1.54) is 9.58 Å². The molecular formula is C12H15F2N7O2. The Labute approximate surface area is 129 Å². The summed E-state index contributed by atoms with van der Waals surface area (Å²) in [5.74, 6) is -2.97. The topological polar surface area (TPSA) is 113 Å². The van der Waals surface area contributed by atoms with E-state index in [0.717, 1.165) is 19.0 Å². The molecule has 2 fully saturated rings. The minimum Gasteiger partial charge on any atom is -0.345 e. The van der Waals surface area contributed by atoms with E-state index in [0.29, 0.717) is 0 Å². The van der Waals surface area contributed by atoms with Gasteiger partial charge in [-0.1, -0.05) is 5.11 Å². The molecule has 1 saturated carbocycles. The molecule has 23 heavy (non-hydrogen) atoms. The molecule has 1 saturated heterocycles. The molecule has 0 amide bonds. The van der Waals surface area contributed by atoms with Crippen molar-refractivity contribution in [1.82, 2.24) is 9.78 Å². The number of rotatable bonds is 4. The third kappa shape index (κ3) is 3.19. The molecule has 11 heteroatoms. The van der Waals surface area contributed by atoms with Gasteiger partial charge < -0.3 is 4.90 Å². The van der Waals surface area contributed by atoms with Gasteiger partial charge in [-0.05, 0) is 24.8 Å². The zero-order valence-corrected chi connectivity index (χ0v) is 12.2. The second-order valence-corrected chi connectivity index (χ2v) is 5.92. The fourth-order valence-electron chi connectivity index (χ4n) is 2.90. The summed E-state index contributed by atoms with van der Waals surface area (Å²) in [6, 6.07) is -0.792. The number of nitro groups is 1. The summed E-state index contributed by atoms with van der Waals surface area (Å²) in [6.07, 6.45) is 2.43. The first-order chi connectivity index (χ1) is 10.9. The smallest absolute Gasteiger partial charge is 0.331 e. The summed E-state index contributed by atoms with van der Waals surface area (Å²) >= 11 is 0. The molecule has 0 N–H and O–H groups in total. The van der Waals surface area contributed by atoms with Crippen LogP contribution < -0.4 is 4.90 Å². The summed E-state index contributed by atoms with van der Waals surface area (Å²) in [7, 11) is 0.